The van der Waals surface area contributed by atoms with Gasteiger partial charge in [0.1, 0.15) is 17.2 Å². The molecule has 0 amide bonds. The van der Waals surface area contributed by atoms with Gasteiger partial charge >= 0.3 is 11.9 Å². The molecule has 12 heteroatoms. The summed E-state index contributed by atoms with van der Waals surface area (Å²) >= 11 is 5.07. The number of carboxylic acids is 1. The van der Waals surface area contributed by atoms with Gasteiger partial charge in [-0.1, -0.05) is 6.07 Å². The number of carbonyl (C=O) groups excluding carboxylic acids is 1. The van der Waals surface area contributed by atoms with Crippen LogP contribution < -0.4 is 21.3 Å². The van der Waals surface area contributed by atoms with Crippen molar-refractivity contribution in [2.45, 2.75) is 19.8 Å². The number of thiocarbonyl (C=S) groups is 1. The fraction of sp³-hybridized carbons (Fsp3) is 0.350. The molecule has 0 fully saturated rings. The topological polar surface area (TPSA) is 138 Å². The van der Waals surface area contributed by atoms with Gasteiger partial charge in [-0.05, 0) is 43.8 Å². The summed E-state index contributed by atoms with van der Waals surface area (Å²) in [5.74, 6) is -1.40. The molecule has 1 heterocycles. The smallest absolute Gasteiger partial charge is 0.343 e. The van der Waals surface area contributed by atoms with E-state index in [9.17, 15) is 14.0 Å². The Balaban J connectivity index is 1.94. The number of nitrogens with one attached hydrogen (secondary N) is 4. The van der Waals surface area contributed by atoms with Crippen LogP contribution in [0.4, 0.5) is 21.8 Å². The molecule has 32 heavy (non-hydrogen) atoms. The second kappa shape index (κ2) is 13.0. The molecule has 2 rings (SSSR count). The average Bonchev–Trinajstić information content (AvgIpc) is 2.73. The van der Waals surface area contributed by atoms with Crippen LogP contribution >= 0.6 is 12.2 Å². The monoisotopic (exact) mass is 464 g/mol. The number of carbonyl (C=O) groups is 2. The zero-order valence-corrected chi connectivity index (χ0v) is 18.3. The second-order valence-electron chi connectivity index (χ2n) is 6.42. The molecule has 1 aromatic carbocycles. The normalized spacial score (nSPS) is 10.2. The lowest BCUT2D eigenvalue weighted by Gasteiger charge is -2.13. The van der Waals surface area contributed by atoms with Gasteiger partial charge in [0.25, 0.3) is 0 Å². The van der Waals surface area contributed by atoms with Crippen molar-refractivity contribution in [3.8, 4) is 0 Å². The molecule has 172 valence electrons. The molecular weight excluding hydrogens is 439 g/mol. The van der Waals surface area contributed by atoms with E-state index in [1.54, 1.807) is 19.1 Å². The minimum atomic E-state index is -0.905. The van der Waals surface area contributed by atoms with Gasteiger partial charge in [-0.25, -0.2) is 14.2 Å². The molecule has 0 saturated heterocycles. The number of esters is 1. The zero-order chi connectivity index (χ0) is 23.3. The highest BCUT2D eigenvalue weighted by Crippen LogP contribution is 2.19. The van der Waals surface area contributed by atoms with Gasteiger partial charge in [-0.2, -0.15) is 4.98 Å². The van der Waals surface area contributed by atoms with Crippen LogP contribution in [0.15, 0.2) is 30.5 Å². The van der Waals surface area contributed by atoms with E-state index in [1.165, 1.54) is 18.3 Å². The number of hydrogen-bond acceptors (Lipinski definition) is 8. The van der Waals surface area contributed by atoms with Gasteiger partial charge in [-0.15, -0.1) is 0 Å². The minimum absolute atomic E-state index is 0.0281. The van der Waals surface area contributed by atoms with Gasteiger partial charge in [0.05, 0.1) is 13.0 Å². The highest BCUT2D eigenvalue weighted by Gasteiger charge is 2.16. The van der Waals surface area contributed by atoms with E-state index < -0.39 is 17.8 Å². The first-order valence-corrected chi connectivity index (χ1v) is 10.3. The summed E-state index contributed by atoms with van der Waals surface area (Å²) in [5, 5.41) is 20.7. The van der Waals surface area contributed by atoms with Crippen LogP contribution in [0.5, 0.6) is 0 Å². The molecule has 1 aromatic heterocycles. The Kier molecular flexibility index (Phi) is 10.0. The summed E-state index contributed by atoms with van der Waals surface area (Å²) in [6.45, 7) is 3.11. The van der Waals surface area contributed by atoms with E-state index >= 15 is 0 Å². The first kappa shape index (κ1) is 24.7. The van der Waals surface area contributed by atoms with Crippen molar-refractivity contribution in [1.82, 2.24) is 20.6 Å². The van der Waals surface area contributed by atoms with Crippen molar-refractivity contribution in [1.29, 1.82) is 0 Å². The summed E-state index contributed by atoms with van der Waals surface area (Å²) in [7, 11) is 0. The third-order valence-electron chi connectivity index (χ3n) is 3.92. The number of aromatic nitrogens is 2. The molecular formula is C20H25FN6O4S. The van der Waals surface area contributed by atoms with E-state index in [4.69, 9.17) is 22.1 Å². The highest BCUT2D eigenvalue weighted by molar-refractivity contribution is 7.80. The molecule has 0 unspecified atom stereocenters. The second-order valence-corrected chi connectivity index (χ2v) is 6.83. The van der Waals surface area contributed by atoms with Gasteiger partial charge < -0.3 is 31.1 Å². The summed E-state index contributed by atoms with van der Waals surface area (Å²) < 4.78 is 18.5. The summed E-state index contributed by atoms with van der Waals surface area (Å²) in [5.41, 5.74) is 0.642. The van der Waals surface area contributed by atoms with Crippen molar-refractivity contribution < 1.29 is 23.8 Å². The Hall–Kier alpha value is -3.54. The number of halogens is 1. The van der Waals surface area contributed by atoms with E-state index in [0.717, 1.165) is 0 Å². The third-order valence-corrected chi connectivity index (χ3v) is 4.21. The van der Waals surface area contributed by atoms with Gasteiger partial charge in [0.2, 0.25) is 5.95 Å². The molecule has 0 bridgehead atoms. The molecule has 5 N–H and O–H groups in total. The van der Waals surface area contributed by atoms with E-state index in [1.807, 2.05) is 0 Å². The van der Waals surface area contributed by atoms with Crippen LogP contribution in [-0.4, -0.2) is 58.4 Å². The number of nitrogens with zero attached hydrogens (tertiary/aromatic N) is 2. The van der Waals surface area contributed by atoms with Crippen molar-refractivity contribution in [3.05, 3.63) is 41.8 Å². The predicted octanol–water partition coefficient (Wildman–Crippen LogP) is 2.28. The van der Waals surface area contributed by atoms with Crippen LogP contribution in [0.2, 0.25) is 0 Å². The van der Waals surface area contributed by atoms with Crippen molar-refractivity contribution in [2.24, 2.45) is 0 Å². The van der Waals surface area contributed by atoms with E-state index in [0.29, 0.717) is 30.3 Å². The first-order chi connectivity index (χ1) is 15.4. The average molecular weight is 465 g/mol. The Bertz CT molecular complexity index is 946. The minimum Gasteiger partial charge on any atom is -0.481 e. The number of benzene rings is 1. The third kappa shape index (κ3) is 8.68. The zero-order valence-electron chi connectivity index (χ0n) is 17.5. The molecule has 2 aromatic rings. The number of anilines is 3. The predicted molar refractivity (Wildman–Crippen MR) is 122 cm³/mol. The number of aliphatic carboxylic acids is 1. The molecule has 0 radical (unpaired) electrons. The fourth-order valence-corrected chi connectivity index (χ4v) is 2.68. The number of hydrogen-bond donors (Lipinski definition) is 5. The molecule has 0 aliphatic heterocycles. The SMILES string of the molecule is CCOC(=O)c1cnc(Nc2cccc(F)c2)nc1NCCCNC(=S)NCCC(=O)O. The van der Waals surface area contributed by atoms with Crippen molar-refractivity contribution >= 4 is 46.7 Å². The van der Waals surface area contributed by atoms with Crippen LogP contribution in [0, 0.1) is 5.82 Å². The highest BCUT2D eigenvalue weighted by atomic mass is 32.1. The standard InChI is InChI=1S/C20H25FN6O4S/c1-2-31-18(30)15-12-25-19(26-14-6-3-5-13(21)11-14)27-17(15)22-8-4-9-23-20(32)24-10-7-16(28)29/h3,5-6,11-12H,2,4,7-10H2,1H3,(H,28,29)(H2,23,24,32)(H2,22,25,26,27). The van der Waals surface area contributed by atoms with Gasteiger partial charge in [0, 0.05) is 31.5 Å². The molecule has 0 atom stereocenters. The van der Waals surface area contributed by atoms with Crippen LogP contribution in [0.1, 0.15) is 30.1 Å². The maximum Gasteiger partial charge on any atom is 0.343 e. The van der Waals surface area contributed by atoms with Gasteiger partial charge in [-0.3, -0.25) is 4.79 Å². The summed E-state index contributed by atoms with van der Waals surface area (Å²) in [6.07, 6.45) is 1.94. The quantitative estimate of drug-likeness (QED) is 0.180. The molecule has 0 aliphatic carbocycles. The molecule has 10 nitrogen and oxygen atoms in total. The fourth-order valence-electron chi connectivity index (χ4n) is 2.47. The largest absolute Gasteiger partial charge is 0.481 e. The Morgan fingerprint density at radius 3 is 2.72 bits per heavy atom. The molecule has 0 saturated carbocycles. The summed E-state index contributed by atoms with van der Waals surface area (Å²) in [6, 6.07) is 5.84. The van der Waals surface area contributed by atoms with Crippen LogP contribution in [0.25, 0.3) is 0 Å². The Labute approximate surface area is 190 Å². The van der Waals surface area contributed by atoms with Crippen LogP contribution in [-0.2, 0) is 9.53 Å². The lowest BCUT2D eigenvalue weighted by atomic mass is 10.3. The Morgan fingerprint density at radius 2 is 2.00 bits per heavy atom. The maximum absolute atomic E-state index is 13.4. The number of carboxylic acid groups (broad SMARTS) is 1. The first-order valence-electron chi connectivity index (χ1n) is 9.93. The van der Waals surface area contributed by atoms with Crippen molar-refractivity contribution in [3.63, 3.8) is 0 Å². The summed E-state index contributed by atoms with van der Waals surface area (Å²) in [4.78, 5) is 31.1. The van der Waals surface area contributed by atoms with Crippen molar-refractivity contribution in [2.75, 3.05) is 36.9 Å². The van der Waals surface area contributed by atoms with E-state index in [2.05, 4.69) is 31.2 Å². The Morgan fingerprint density at radius 1 is 1.22 bits per heavy atom. The lowest BCUT2D eigenvalue weighted by Crippen LogP contribution is -2.37. The lowest BCUT2D eigenvalue weighted by molar-refractivity contribution is -0.136. The van der Waals surface area contributed by atoms with E-state index in [-0.39, 0.29) is 36.9 Å². The molecule has 0 aliphatic rings. The van der Waals surface area contributed by atoms with Gasteiger partial charge in [0.15, 0.2) is 5.11 Å². The number of rotatable bonds is 12. The molecule has 0 spiro atoms. The van der Waals surface area contributed by atoms with Crippen LogP contribution in [0.3, 0.4) is 0 Å². The maximum atomic E-state index is 13.4. The number of ether oxygens (including phenoxy) is 1.